The van der Waals surface area contributed by atoms with Crippen LogP contribution in [-0.4, -0.2) is 7.05 Å². The molecule has 1 aromatic heterocycles. The fourth-order valence-corrected chi connectivity index (χ4v) is 3.02. The summed E-state index contributed by atoms with van der Waals surface area (Å²) in [5, 5.41) is 3.42. The third-order valence-electron chi connectivity index (χ3n) is 2.70. The molecule has 1 aromatic carbocycles. The van der Waals surface area contributed by atoms with E-state index in [0.29, 0.717) is 17.4 Å². The van der Waals surface area contributed by atoms with Crippen molar-refractivity contribution in [1.29, 1.82) is 0 Å². The second-order valence-electron chi connectivity index (χ2n) is 4.19. The third kappa shape index (κ3) is 3.69. The zero-order chi connectivity index (χ0) is 13.8. The molecule has 0 aliphatic carbocycles. The maximum Gasteiger partial charge on any atom is 0.138 e. The highest BCUT2D eigenvalue weighted by Gasteiger charge is 2.08. The number of aryl methyl sites for hydroxylation is 1. The summed E-state index contributed by atoms with van der Waals surface area (Å²) in [7, 11) is 1.92. The molecule has 0 saturated carbocycles. The molecule has 1 heterocycles. The van der Waals surface area contributed by atoms with Crippen LogP contribution in [-0.2, 0) is 13.2 Å². The average Bonchev–Trinajstić information content (AvgIpc) is 2.69. The molecule has 0 saturated heterocycles. The van der Waals surface area contributed by atoms with E-state index in [1.54, 1.807) is 17.4 Å². The number of halogens is 2. The number of rotatable bonds is 5. The quantitative estimate of drug-likeness (QED) is 0.895. The molecule has 0 aliphatic heterocycles. The smallest absolute Gasteiger partial charge is 0.138 e. The van der Waals surface area contributed by atoms with Crippen LogP contribution in [0, 0.1) is 12.7 Å². The molecule has 2 nitrogen and oxygen atoms in total. The van der Waals surface area contributed by atoms with Gasteiger partial charge in [-0.25, -0.2) is 4.39 Å². The van der Waals surface area contributed by atoms with Gasteiger partial charge in [0.1, 0.15) is 18.2 Å². The first-order valence-corrected chi connectivity index (χ1v) is 7.10. The van der Waals surface area contributed by atoms with Crippen molar-refractivity contribution >= 4 is 22.9 Å². The second kappa shape index (κ2) is 6.37. The van der Waals surface area contributed by atoms with Crippen molar-refractivity contribution in [3.63, 3.8) is 0 Å². The molecular formula is C14H15ClFNOS. The Bertz CT molecular complexity index is 571. The molecule has 19 heavy (non-hydrogen) atoms. The van der Waals surface area contributed by atoms with E-state index in [-0.39, 0.29) is 5.82 Å². The van der Waals surface area contributed by atoms with Gasteiger partial charge in [-0.05, 0) is 38.2 Å². The van der Waals surface area contributed by atoms with Crippen molar-refractivity contribution in [2.45, 2.75) is 20.1 Å². The largest absolute Gasteiger partial charge is 0.487 e. The summed E-state index contributed by atoms with van der Waals surface area (Å²) in [5.41, 5.74) is 1.13. The van der Waals surface area contributed by atoms with E-state index in [1.807, 2.05) is 7.05 Å². The predicted octanol–water partition coefficient (Wildman–Crippen LogP) is 4.15. The Labute approximate surface area is 121 Å². The van der Waals surface area contributed by atoms with Gasteiger partial charge in [0, 0.05) is 21.9 Å². The molecule has 102 valence electrons. The first-order valence-electron chi connectivity index (χ1n) is 5.91. The summed E-state index contributed by atoms with van der Waals surface area (Å²) in [6.07, 6.45) is 0. The fourth-order valence-electron chi connectivity index (χ4n) is 1.74. The van der Waals surface area contributed by atoms with Crippen LogP contribution in [0.3, 0.4) is 0 Å². The number of benzene rings is 1. The molecule has 0 unspecified atom stereocenters. The Balaban J connectivity index is 2.05. The molecule has 2 rings (SSSR count). The molecule has 0 atom stereocenters. The first-order chi connectivity index (χ1) is 9.10. The Morgan fingerprint density at radius 3 is 2.84 bits per heavy atom. The predicted molar refractivity (Wildman–Crippen MR) is 77.6 cm³/mol. The third-order valence-corrected chi connectivity index (χ3v) is 4.09. The molecule has 1 N–H and O–H groups in total. The SMILES string of the molecule is CNCc1cc(COc2ccc(F)cc2Cl)c(C)s1. The number of hydrogen-bond acceptors (Lipinski definition) is 3. The van der Waals surface area contributed by atoms with E-state index < -0.39 is 0 Å². The van der Waals surface area contributed by atoms with E-state index >= 15 is 0 Å². The molecule has 0 aliphatic rings. The minimum Gasteiger partial charge on any atom is -0.487 e. The summed E-state index contributed by atoms with van der Waals surface area (Å²) < 4.78 is 18.6. The Kier molecular flexibility index (Phi) is 4.80. The van der Waals surface area contributed by atoms with Gasteiger partial charge >= 0.3 is 0 Å². The number of ether oxygens (including phenoxy) is 1. The van der Waals surface area contributed by atoms with Gasteiger partial charge in [-0.2, -0.15) is 0 Å². The normalized spacial score (nSPS) is 10.7. The van der Waals surface area contributed by atoms with E-state index in [1.165, 1.54) is 21.9 Å². The van der Waals surface area contributed by atoms with Gasteiger partial charge in [-0.1, -0.05) is 11.6 Å². The van der Waals surface area contributed by atoms with Crippen LogP contribution in [0.15, 0.2) is 24.3 Å². The monoisotopic (exact) mass is 299 g/mol. The minimum atomic E-state index is -0.361. The Morgan fingerprint density at radius 1 is 1.37 bits per heavy atom. The molecule has 5 heteroatoms. The van der Waals surface area contributed by atoms with Gasteiger partial charge in [-0.15, -0.1) is 11.3 Å². The van der Waals surface area contributed by atoms with Crippen LogP contribution in [0.4, 0.5) is 4.39 Å². The van der Waals surface area contributed by atoms with E-state index in [2.05, 4.69) is 18.3 Å². The Morgan fingerprint density at radius 2 is 2.16 bits per heavy atom. The van der Waals surface area contributed by atoms with Crippen molar-refractivity contribution in [2.24, 2.45) is 0 Å². The minimum absolute atomic E-state index is 0.295. The van der Waals surface area contributed by atoms with Crippen molar-refractivity contribution in [3.05, 3.63) is 50.4 Å². The van der Waals surface area contributed by atoms with Gasteiger partial charge in [-0.3, -0.25) is 0 Å². The first kappa shape index (κ1) is 14.3. The van der Waals surface area contributed by atoms with Crippen LogP contribution >= 0.6 is 22.9 Å². The lowest BCUT2D eigenvalue weighted by Gasteiger charge is -2.07. The van der Waals surface area contributed by atoms with Crippen molar-refractivity contribution in [1.82, 2.24) is 5.32 Å². The van der Waals surface area contributed by atoms with Crippen LogP contribution in [0.1, 0.15) is 15.3 Å². The summed E-state index contributed by atoms with van der Waals surface area (Å²) in [5.74, 6) is 0.143. The highest BCUT2D eigenvalue weighted by molar-refractivity contribution is 7.12. The Hall–Kier alpha value is -1.10. The van der Waals surface area contributed by atoms with Crippen molar-refractivity contribution < 1.29 is 9.13 Å². The average molecular weight is 300 g/mol. The zero-order valence-electron chi connectivity index (χ0n) is 10.8. The molecule has 0 bridgehead atoms. The molecule has 0 spiro atoms. The van der Waals surface area contributed by atoms with Crippen LogP contribution in [0.25, 0.3) is 0 Å². The van der Waals surface area contributed by atoms with Crippen LogP contribution < -0.4 is 10.1 Å². The molecule has 0 radical (unpaired) electrons. The maximum atomic E-state index is 12.9. The van der Waals surface area contributed by atoms with Gasteiger partial charge < -0.3 is 10.1 Å². The highest BCUT2D eigenvalue weighted by atomic mass is 35.5. The van der Waals surface area contributed by atoms with Crippen LogP contribution in [0.2, 0.25) is 5.02 Å². The highest BCUT2D eigenvalue weighted by Crippen LogP contribution is 2.27. The molecule has 0 amide bonds. The summed E-state index contributed by atoms with van der Waals surface area (Å²) in [6, 6.07) is 6.26. The second-order valence-corrected chi connectivity index (χ2v) is 5.94. The number of nitrogens with one attached hydrogen (secondary N) is 1. The van der Waals surface area contributed by atoms with Gasteiger partial charge in [0.2, 0.25) is 0 Å². The summed E-state index contributed by atoms with van der Waals surface area (Å²) >= 11 is 7.66. The van der Waals surface area contributed by atoms with Gasteiger partial charge in [0.15, 0.2) is 0 Å². The zero-order valence-corrected chi connectivity index (χ0v) is 12.4. The number of thiophene rings is 1. The van der Waals surface area contributed by atoms with E-state index in [9.17, 15) is 4.39 Å². The van der Waals surface area contributed by atoms with E-state index in [0.717, 1.165) is 12.1 Å². The lowest BCUT2D eigenvalue weighted by atomic mass is 10.2. The fraction of sp³-hybridized carbons (Fsp3) is 0.286. The summed E-state index contributed by atoms with van der Waals surface area (Å²) in [6.45, 7) is 3.36. The lowest BCUT2D eigenvalue weighted by Crippen LogP contribution is -2.02. The van der Waals surface area contributed by atoms with Crippen molar-refractivity contribution in [2.75, 3.05) is 7.05 Å². The topological polar surface area (TPSA) is 21.3 Å². The maximum absolute atomic E-state index is 12.9. The molecule has 0 fully saturated rings. The van der Waals surface area contributed by atoms with Crippen LogP contribution in [0.5, 0.6) is 5.75 Å². The standard InChI is InChI=1S/C14H15ClFNOS/c1-9-10(5-12(19-9)7-17-2)8-18-14-4-3-11(16)6-13(14)15/h3-6,17H,7-8H2,1-2H3. The van der Waals surface area contributed by atoms with Crippen molar-refractivity contribution in [3.8, 4) is 5.75 Å². The van der Waals surface area contributed by atoms with Gasteiger partial charge in [0.25, 0.3) is 0 Å². The summed E-state index contributed by atoms with van der Waals surface area (Å²) in [4.78, 5) is 2.49. The van der Waals surface area contributed by atoms with E-state index in [4.69, 9.17) is 16.3 Å². The molecule has 2 aromatic rings. The molecular weight excluding hydrogens is 285 g/mol. The lowest BCUT2D eigenvalue weighted by molar-refractivity contribution is 0.305. The van der Waals surface area contributed by atoms with Gasteiger partial charge in [0.05, 0.1) is 5.02 Å². The number of hydrogen-bond donors (Lipinski definition) is 1.